The number of benzene rings is 2. The summed E-state index contributed by atoms with van der Waals surface area (Å²) >= 11 is 0. The van der Waals surface area contributed by atoms with Gasteiger partial charge in [-0.2, -0.15) is 5.10 Å². The van der Waals surface area contributed by atoms with E-state index < -0.39 is 6.04 Å². The van der Waals surface area contributed by atoms with Crippen molar-refractivity contribution in [1.29, 1.82) is 0 Å². The first-order chi connectivity index (χ1) is 15.4. The second-order valence-electron chi connectivity index (χ2n) is 7.31. The third kappa shape index (κ3) is 5.05. The highest BCUT2D eigenvalue weighted by molar-refractivity contribution is 6.05. The summed E-state index contributed by atoms with van der Waals surface area (Å²) in [4.78, 5) is 26.4. The maximum absolute atomic E-state index is 13.5. The molecule has 0 saturated carbocycles. The highest BCUT2D eigenvalue weighted by atomic mass is 19.1. The summed E-state index contributed by atoms with van der Waals surface area (Å²) < 4.78 is 29.1. The number of likely N-dealkylation sites (N-methyl/N-ethyl adjacent to an activating group) is 1. The number of carbonyl (C=O) groups excluding carboxylic acids is 2. The molecule has 2 aromatic rings. The molecule has 0 aliphatic carbocycles. The highest BCUT2D eigenvalue weighted by Gasteiger charge is 2.34. The summed E-state index contributed by atoms with van der Waals surface area (Å²) in [7, 11) is 6.05. The number of hydrazone groups is 1. The van der Waals surface area contributed by atoms with Crippen LogP contribution >= 0.6 is 0 Å². The maximum atomic E-state index is 13.5. The quantitative estimate of drug-likeness (QED) is 0.627. The van der Waals surface area contributed by atoms with Crippen molar-refractivity contribution in [2.24, 2.45) is 5.10 Å². The van der Waals surface area contributed by atoms with E-state index in [0.29, 0.717) is 23.6 Å². The molecule has 0 bridgehead atoms. The van der Waals surface area contributed by atoms with Gasteiger partial charge in [-0.25, -0.2) is 9.40 Å². The summed E-state index contributed by atoms with van der Waals surface area (Å²) in [6, 6.07) is 10.8. The number of ether oxygens (including phenoxy) is 3. The third-order valence-electron chi connectivity index (χ3n) is 5.21. The van der Waals surface area contributed by atoms with Crippen LogP contribution in [0.5, 0.6) is 11.5 Å². The van der Waals surface area contributed by atoms with Crippen LogP contribution in [0.2, 0.25) is 0 Å². The highest BCUT2D eigenvalue weighted by Crippen LogP contribution is 2.36. The number of hydrogen-bond acceptors (Lipinski definition) is 6. The topological polar surface area (TPSA) is 80.7 Å². The first-order valence-electron chi connectivity index (χ1n) is 9.98. The first-order valence-corrected chi connectivity index (χ1v) is 9.98. The van der Waals surface area contributed by atoms with E-state index in [1.54, 1.807) is 38.5 Å². The Morgan fingerprint density at radius 1 is 1.12 bits per heavy atom. The van der Waals surface area contributed by atoms with Gasteiger partial charge in [0.1, 0.15) is 30.5 Å². The Labute approximate surface area is 186 Å². The lowest BCUT2D eigenvalue weighted by Crippen LogP contribution is -2.40. The van der Waals surface area contributed by atoms with Gasteiger partial charge in [0.2, 0.25) is 5.91 Å². The number of amides is 2. The molecule has 1 aliphatic heterocycles. The molecule has 0 radical (unpaired) electrons. The minimum atomic E-state index is -0.448. The van der Waals surface area contributed by atoms with Crippen LogP contribution in [0.25, 0.3) is 0 Å². The van der Waals surface area contributed by atoms with Crippen molar-refractivity contribution >= 4 is 17.5 Å². The van der Waals surface area contributed by atoms with Crippen LogP contribution in [0.1, 0.15) is 23.6 Å². The third-order valence-corrected chi connectivity index (χ3v) is 5.21. The molecule has 170 valence electrons. The largest absolute Gasteiger partial charge is 0.497 e. The number of halogens is 1. The molecular formula is C23H26FN3O5. The lowest BCUT2D eigenvalue weighted by atomic mass is 9.97. The van der Waals surface area contributed by atoms with E-state index in [2.05, 4.69) is 5.10 Å². The molecule has 2 amide bonds. The smallest absolute Gasteiger partial charge is 0.262 e. The predicted molar refractivity (Wildman–Crippen MR) is 116 cm³/mol. The Hall–Kier alpha value is -3.46. The minimum Gasteiger partial charge on any atom is -0.497 e. The van der Waals surface area contributed by atoms with Gasteiger partial charge in [-0.3, -0.25) is 9.59 Å². The molecule has 1 heterocycles. The molecule has 0 fully saturated rings. The first kappa shape index (κ1) is 23.2. The lowest BCUT2D eigenvalue weighted by Gasteiger charge is -2.24. The molecule has 0 N–H and O–H groups in total. The van der Waals surface area contributed by atoms with E-state index in [4.69, 9.17) is 14.2 Å². The zero-order valence-corrected chi connectivity index (χ0v) is 18.5. The zero-order chi connectivity index (χ0) is 23.3. The zero-order valence-electron chi connectivity index (χ0n) is 18.5. The van der Waals surface area contributed by atoms with Gasteiger partial charge in [0.25, 0.3) is 5.91 Å². The summed E-state index contributed by atoms with van der Waals surface area (Å²) in [6.45, 7) is -0.293. The lowest BCUT2D eigenvalue weighted by molar-refractivity contribution is -0.142. The molecule has 0 unspecified atom stereocenters. The fraction of sp³-hybridized carbons (Fsp3) is 0.348. The minimum absolute atomic E-state index is 0.122. The average Bonchev–Trinajstić information content (AvgIpc) is 3.24. The van der Waals surface area contributed by atoms with Crippen molar-refractivity contribution in [2.75, 3.05) is 41.5 Å². The molecule has 1 aliphatic rings. The molecule has 32 heavy (non-hydrogen) atoms. The number of methoxy groups -OCH3 is 3. The normalized spacial score (nSPS) is 15.3. The van der Waals surface area contributed by atoms with Gasteiger partial charge in [0.05, 0.1) is 26.0 Å². The van der Waals surface area contributed by atoms with Crippen LogP contribution in [0.3, 0.4) is 0 Å². The van der Waals surface area contributed by atoms with Gasteiger partial charge < -0.3 is 19.1 Å². The number of nitrogens with zero attached hydrogens (tertiary/aromatic N) is 3. The molecule has 3 rings (SSSR count). The van der Waals surface area contributed by atoms with Crippen molar-refractivity contribution in [1.82, 2.24) is 9.91 Å². The Morgan fingerprint density at radius 2 is 1.84 bits per heavy atom. The Kier molecular flexibility index (Phi) is 7.42. The molecule has 0 aromatic heterocycles. The number of carbonyl (C=O) groups is 2. The number of rotatable bonds is 8. The Bertz CT molecular complexity index is 1010. The second kappa shape index (κ2) is 10.2. The second-order valence-corrected chi connectivity index (χ2v) is 7.31. The molecule has 9 heteroatoms. The van der Waals surface area contributed by atoms with Crippen LogP contribution in [-0.2, 0) is 14.3 Å². The van der Waals surface area contributed by atoms with E-state index in [0.717, 1.165) is 11.1 Å². The average molecular weight is 443 g/mol. The Balaban J connectivity index is 1.94. The van der Waals surface area contributed by atoms with Crippen molar-refractivity contribution in [2.45, 2.75) is 12.5 Å². The van der Waals surface area contributed by atoms with Crippen molar-refractivity contribution in [3.05, 3.63) is 59.4 Å². The molecule has 8 nitrogen and oxygen atoms in total. The van der Waals surface area contributed by atoms with E-state index in [1.165, 1.54) is 36.2 Å². The molecule has 0 spiro atoms. The fourth-order valence-electron chi connectivity index (χ4n) is 3.48. The van der Waals surface area contributed by atoms with E-state index in [-0.39, 0.29) is 30.8 Å². The summed E-state index contributed by atoms with van der Waals surface area (Å²) in [5.41, 5.74) is 2.09. The van der Waals surface area contributed by atoms with Crippen molar-refractivity contribution < 1.29 is 28.2 Å². The van der Waals surface area contributed by atoms with Crippen LogP contribution in [0, 0.1) is 5.82 Å². The van der Waals surface area contributed by atoms with Crippen LogP contribution in [0.15, 0.2) is 47.6 Å². The monoisotopic (exact) mass is 443 g/mol. The van der Waals surface area contributed by atoms with Crippen LogP contribution < -0.4 is 9.47 Å². The van der Waals surface area contributed by atoms with Crippen molar-refractivity contribution in [3.8, 4) is 11.5 Å². The van der Waals surface area contributed by atoms with E-state index in [1.807, 2.05) is 6.07 Å². The van der Waals surface area contributed by atoms with Gasteiger partial charge in [-0.1, -0.05) is 12.1 Å². The van der Waals surface area contributed by atoms with Gasteiger partial charge in [-0.15, -0.1) is 0 Å². The Morgan fingerprint density at radius 3 is 2.47 bits per heavy atom. The molecule has 1 atom stereocenters. The predicted octanol–water partition coefficient (Wildman–Crippen LogP) is 2.63. The SMILES string of the molecule is COCC(=O)N(C)CC(=O)N1N=C(c2ccc(OC)cc2OC)C[C@H]1c1ccc(F)cc1. The molecule has 2 aromatic carbocycles. The van der Waals surface area contributed by atoms with Gasteiger partial charge in [0.15, 0.2) is 0 Å². The van der Waals surface area contributed by atoms with Gasteiger partial charge >= 0.3 is 0 Å². The summed E-state index contributed by atoms with van der Waals surface area (Å²) in [5, 5.41) is 5.93. The molecular weight excluding hydrogens is 417 g/mol. The number of hydrogen-bond donors (Lipinski definition) is 0. The van der Waals surface area contributed by atoms with Crippen molar-refractivity contribution in [3.63, 3.8) is 0 Å². The van der Waals surface area contributed by atoms with Gasteiger partial charge in [0, 0.05) is 32.2 Å². The maximum Gasteiger partial charge on any atom is 0.262 e. The van der Waals surface area contributed by atoms with Crippen LogP contribution in [-0.4, -0.2) is 69.0 Å². The van der Waals surface area contributed by atoms with Gasteiger partial charge in [-0.05, 0) is 29.8 Å². The fourth-order valence-corrected chi connectivity index (χ4v) is 3.48. The van der Waals surface area contributed by atoms with E-state index >= 15 is 0 Å². The standard InChI is InChI=1S/C23H26FN3O5/c1-26(23(29)14-30-2)13-22(28)27-20(15-5-7-16(24)8-6-15)12-19(25-27)18-10-9-17(31-3)11-21(18)32-4/h5-11,20H,12-14H2,1-4H3/t20-/m0/s1. The van der Waals surface area contributed by atoms with Crippen LogP contribution in [0.4, 0.5) is 4.39 Å². The molecule has 0 saturated heterocycles. The van der Waals surface area contributed by atoms with E-state index in [9.17, 15) is 14.0 Å². The summed E-state index contributed by atoms with van der Waals surface area (Å²) in [6.07, 6.45) is 0.399. The summed E-state index contributed by atoms with van der Waals surface area (Å²) in [5.74, 6) is 0.133.